The van der Waals surface area contributed by atoms with E-state index in [2.05, 4.69) is 20.8 Å². The van der Waals surface area contributed by atoms with E-state index < -0.39 is 23.3 Å². The predicted molar refractivity (Wildman–Crippen MR) is 124 cm³/mol. The normalized spacial score (nSPS) is 11.0. The molecular weight excluding hydrogens is 422 g/mol. The van der Waals surface area contributed by atoms with E-state index >= 15 is 0 Å². The number of hydrogen-bond donors (Lipinski definition) is 0. The average Bonchev–Trinajstić information content (AvgIpc) is 2.81. The fourth-order valence-corrected chi connectivity index (χ4v) is 3.02. The van der Waals surface area contributed by atoms with Crippen molar-refractivity contribution in [3.05, 3.63) is 105 Å². The van der Waals surface area contributed by atoms with Gasteiger partial charge in [-0.15, -0.1) is 0 Å². The van der Waals surface area contributed by atoms with E-state index in [0.717, 1.165) is 11.3 Å². The molecule has 0 saturated heterocycles. The maximum Gasteiger partial charge on any atom is 0.338 e. The Morgan fingerprint density at radius 2 is 1.42 bits per heavy atom. The van der Waals surface area contributed by atoms with E-state index in [9.17, 15) is 19.7 Å². The molecule has 0 spiro atoms. The second-order valence-electron chi connectivity index (χ2n) is 8.56. The molecule has 0 fully saturated rings. The van der Waals surface area contributed by atoms with E-state index in [1.54, 1.807) is 24.3 Å². The first-order chi connectivity index (χ1) is 15.6. The van der Waals surface area contributed by atoms with Crippen LogP contribution in [0.3, 0.4) is 0 Å². The minimum absolute atomic E-state index is 0.0788. The smallest absolute Gasteiger partial charge is 0.338 e. The van der Waals surface area contributed by atoms with Crippen LogP contribution in [0.15, 0.2) is 72.8 Å². The number of esters is 1. The van der Waals surface area contributed by atoms with Crippen molar-refractivity contribution in [3.63, 3.8) is 0 Å². The lowest BCUT2D eigenvalue weighted by Gasteiger charge is -2.19. The highest BCUT2D eigenvalue weighted by Crippen LogP contribution is 2.24. The summed E-state index contributed by atoms with van der Waals surface area (Å²) in [5.41, 5.74) is 2.61. The first-order valence-electron chi connectivity index (χ1n) is 10.4. The van der Waals surface area contributed by atoms with Crippen molar-refractivity contribution in [2.75, 3.05) is 6.61 Å². The summed E-state index contributed by atoms with van der Waals surface area (Å²) in [7, 11) is 0. The van der Waals surface area contributed by atoms with Gasteiger partial charge in [-0.25, -0.2) is 4.79 Å². The topological polar surface area (TPSA) is 95.7 Å². The maximum absolute atomic E-state index is 12.2. The summed E-state index contributed by atoms with van der Waals surface area (Å²) in [6.45, 7) is 6.36. The molecule has 0 bridgehead atoms. The molecule has 0 amide bonds. The Labute approximate surface area is 192 Å². The first-order valence-corrected chi connectivity index (χ1v) is 10.4. The Bertz CT molecular complexity index is 1130. The van der Waals surface area contributed by atoms with E-state index in [1.807, 2.05) is 24.3 Å². The Morgan fingerprint density at radius 1 is 0.848 bits per heavy atom. The third-order valence-electron chi connectivity index (χ3n) is 5.05. The lowest BCUT2D eigenvalue weighted by atomic mass is 9.87. The van der Waals surface area contributed by atoms with Crippen molar-refractivity contribution in [2.24, 2.45) is 0 Å². The second kappa shape index (κ2) is 10.1. The van der Waals surface area contributed by atoms with Gasteiger partial charge in [-0.05, 0) is 52.9 Å². The average molecular weight is 447 g/mol. The Morgan fingerprint density at radius 3 is 1.97 bits per heavy atom. The van der Waals surface area contributed by atoms with E-state index in [4.69, 9.17) is 9.47 Å². The number of carbonyl (C=O) groups excluding carboxylic acids is 2. The van der Waals surface area contributed by atoms with Crippen LogP contribution in [0, 0.1) is 10.1 Å². The van der Waals surface area contributed by atoms with E-state index in [1.165, 1.54) is 29.8 Å². The second-order valence-corrected chi connectivity index (χ2v) is 8.56. The van der Waals surface area contributed by atoms with Crippen LogP contribution in [-0.4, -0.2) is 23.3 Å². The number of nitro benzene ring substituents is 1. The van der Waals surface area contributed by atoms with Gasteiger partial charge in [0.05, 0.1) is 10.5 Å². The zero-order chi connectivity index (χ0) is 24.0. The summed E-state index contributed by atoms with van der Waals surface area (Å²) in [5.74, 6) is -0.313. The van der Waals surface area contributed by atoms with Gasteiger partial charge in [0.15, 0.2) is 12.4 Å². The molecule has 0 heterocycles. The molecule has 170 valence electrons. The highest BCUT2D eigenvalue weighted by atomic mass is 16.6. The minimum atomic E-state index is -0.629. The van der Waals surface area contributed by atoms with Crippen molar-refractivity contribution in [2.45, 2.75) is 32.8 Å². The number of non-ortho nitro benzene ring substituents is 1. The monoisotopic (exact) mass is 447 g/mol. The summed E-state index contributed by atoms with van der Waals surface area (Å²) in [6.07, 6.45) is 0. The number of nitrogens with zero attached hydrogens (tertiary/aromatic N) is 1. The number of nitro groups is 1. The number of rotatable bonds is 8. The summed E-state index contributed by atoms with van der Waals surface area (Å²) in [4.78, 5) is 34.5. The molecule has 7 heteroatoms. The number of ether oxygens (including phenoxy) is 2. The van der Waals surface area contributed by atoms with Gasteiger partial charge in [0, 0.05) is 17.7 Å². The van der Waals surface area contributed by atoms with Crippen LogP contribution in [-0.2, 0) is 16.8 Å². The molecule has 0 atom stereocenters. The van der Waals surface area contributed by atoms with Gasteiger partial charge in [-0.1, -0.05) is 45.0 Å². The first kappa shape index (κ1) is 23.7. The van der Waals surface area contributed by atoms with Crippen molar-refractivity contribution >= 4 is 17.4 Å². The van der Waals surface area contributed by atoms with Gasteiger partial charge in [0.1, 0.15) is 12.4 Å². The molecule has 0 N–H and O–H groups in total. The number of ketones is 1. The molecule has 0 aromatic heterocycles. The van der Waals surface area contributed by atoms with Crippen molar-refractivity contribution in [1.29, 1.82) is 0 Å². The van der Waals surface area contributed by atoms with Crippen molar-refractivity contribution in [3.8, 4) is 5.75 Å². The van der Waals surface area contributed by atoms with Crippen LogP contribution >= 0.6 is 0 Å². The van der Waals surface area contributed by atoms with Crippen LogP contribution in [0.25, 0.3) is 0 Å². The number of hydrogen-bond acceptors (Lipinski definition) is 6. The number of benzene rings is 3. The van der Waals surface area contributed by atoms with Crippen molar-refractivity contribution < 1.29 is 24.0 Å². The number of carbonyl (C=O) groups is 2. The largest absolute Gasteiger partial charge is 0.489 e. The molecule has 7 nitrogen and oxygen atoms in total. The Balaban J connectivity index is 1.50. The molecular formula is C26H25NO6. The Kier molecular flexibility index (Phi) is 7.23. The van der Waals surface area contributed by atoms with Gasteiger partial charge >= 0.3 is 5.97 Å². The minimum Gasteiger partial charge on any atom is -0.489 e. The van der Waals surface area contributed by atoms with Crippen LogP contribution in [0.1, 0.15) is 52.6 Å². The lowest BCUT2D eigenvalue weighted by molar-refractivity contribution is -0.384. The zero-order valence-electron chi connectivity index (χ0n) is 18.7. The van der Waals surface area contributed by atoms with Gasteiger partial charge in [0.25, 0.3) is 5.69 Å². The summed E-state index contributed by atoms with van der Waals surface area (Å²) >= 11 is 0. The standard InChI is InChI=1S/C26H25NO6/c1-26(2,3)21-10-14-23(15-11-21)32-16-18-4-6-20(7-5-18)25(29)33-17-24(28)19-8-12-22(13-9-19)27(30)31/h4-15H,16-17H2,1-3H3. The third-order valence-corrected chi connectivity index (χ3v) is 5.05. The number of Topliss-reactive ketones (excluding diaryl/α,β-unsaturated/α-hetero) is 1. The molecule has 0 aliphatic carbocycles. The maximum atomic E-state index is 12.2. The predicted octanol–water partition coefficient (Wildman–Crippen LogP) is 5.51. The van der Waals surface area contributed by atoms with Gasteiger partial charge < -0.3 is 9.47 Å². The van der Waals surface area contributed by atoms with Gasteiger partial charge in [0.2, 0.25) is 0 Å². The zero-order valence-corrected chi connectivity index (χ0v) is 18.7. The fourth-order valence-electron chi connectivity index (χ4n) is 3.02. The molecule has 0 unspecified atom stereocenters. The third kappa shape index (κ3) is 6.49. The summed E-state index contributed by atoms with van der Waals surface area (Å²) in [6, 6.07) is 19.8. The summed E-state index contributed by atoms with van der Waals surface area (Å²) < 4.78 is 10.9. The van der Waals surface area contributed by atoms with E-state index in [-0.39, 0.29) is 16.7 Å². The molecule has 0 radical (unpaired) electrons. The van der Waals surface area contributed by atoms with Crippen LogP contribution in [0.4, 0.5) is 5.69 Å². The fraction of sp³-hybridized carbons (Fsp3) is 0.231. The Hall–Kier alpha value is -4.00. The molecule has 33 heavy (non-hydrogen) atoms. The molecule has 3 aromatic carbocycles. The summed E-state index contributed by atoms with van der Waals surface area (Å²) in [5, 5.41) is 10.7. The highest BCUT2D eigenvalue weighted by molar-refractivity contribution is 5.99. The lowest BCUT2D eigenvalue weighted by Crippen LogP contribution is -2.14. The van der Waals surface area contributed by atoms with Gasteiger partial charge in [-0.3, -0.25) is 14.9 Å². The van der Waals surface area contributed by atoms with Crippen LogP contribution in [0.2, 0.25) is 0 Å². The molecule has 0 aliphatic rings. The highest BCUT2D eigenvalue weighted by Gasteiger charge is 2.14. The van der Waals surface area contributed by atoms with Crippen LogP contribution in [0.5, 0.6) is 5.75 Å². The molecule has 3 rings (SSSR count). The van der Waals surface area contributed by atoms with E-state index in [0.29, 0.717) is 12.2 Å². The molecule has 0 aliphatic heterocycles. The SMILES string of the molecule is CC(C)(C)c1ccc(OCc2ccc(C(=O)OCC(=O)c3ccc([N+](=O)[O-])cc3)cc2)cc1. The van der Waals surface area contributed by atoms with Gasteiger partial charge in [-0.2, -0.15) is 0 Å². The quantitative estimate of drug-likeness (QED) is 0.195. The molecule has 3 aromatic rings. The molecule has 0 saturated carbocycles. The van der Waals surface area contributed by atoms with Crippen LogP contribution < -0.4 is 4.74 Å². The van der Waals surface area contributed by atoms with Crippen molar-refractivity contribution in [1.82, 2.24) is 0 Å².